The fourth-order valence-corrected chi connectivity index (χ4v) is 2.55. The Balaban J connectivity index is 1.91. The molecule has 19 heavy (non-hydrogen) atoms. The molecular formula is C15H23N3O. The molecule has 2 rings (SSSR count). The van der Waals surface area contributed by atoms with Crippen molar-refractivity contribution in [3.05, 3.63) is 29.8 Å². The summed E-state index contributed by atoms with van der Waals surface area (Å²) in [6.45, 7) is 6.83. The number of nitrogens with zero attached hydrogens (tertiary/aromatic N) is 1. The Bertz CT molecular complexity index is 430. The van der Waals surface area contributed by atoms with Crippen LogP contribution in [-0.2, 0) is 11.3 Å². The summed E-state index contributed by atoms with van der Waals surface area (Å²) >= 11 is 0. The highest BCUT2D eigenvalue weighted by Crippen LogP contribution is 2.18. The van der Waals surface area contributed by atoms with Crippen molar-refractivity contribution in [3.63, 3.8) is 0 Å². The molecule has 1 saturated heterocycles. The minimum atomic E-state index is -0.0356. The number of likely N-dealkylation sites (tertiary alicyclic amines) is 1. The van der Waals surface area contributed by atoms with E-state index in [9.17, 15) is 4.79 Å². The molecule has 1 aromatic rings. The number of nitrogens with one attached hydrogen (secondary N) is 1. The zero-order valence-corrected chi connectivity index (χ0v) is 11.7. The van der Waals surface area contributed by atoms with Crippen molar-refractivity contribution in [2.45, 2.75) is 32.9 Å². The summed E-state index contributed by atoms with van der Waals surface area (Å²) in [6.07, 6.45) is 1.07. The van der Waals surface area contributed by atoms with Crippen LogP contribution in [0, 0.1) is 5.92 Å². The first-order valence-corrected chi connectivity index (χ1v) is 6.89. The molecule has 0 spiro atoms. The van der Waals surface area contributed by atoms with Crippen molar-refractivity contribution in [1.82, 2.24) is 4.90 Å². The average molecular weight is 261 g/mol. The van der Waals surface area contributed by atoms with Crippen LogP contribution in [-0.4, -0.2) is 29.9 Å². The lowest BCUT2D eigenvalue weighted by molar-refractivity contribution is -0.114. The first-order chi connectivity index (χ1) is 9.04. The molecule has 1 aromatic carbocycles. The van der Waals surface area contributed by atoms with Gasteiger partial charge in [-0.1, -0.05) is 19.1 Å². The van der Waals surface area contributed by atoms with E-state index in [1.54, 1.807) is 0 Å². The standard InChI is InChI=1S/C15H23N3O/c1-11-9-18(8-7-15(11)16)10-13-3-5-14(6-4-13)17-12(2)19/h3-6,11,15H,7-10,16H2,1-2H3,(H,17,19). The molecule has 4 nitrogen and oxygen atoms in total. The predicted molar refractivity (Wildman–Crippen MR) is 77.8 cm³/mol. The van der Waals surface area contributed by atoms with Gasteiger partial charge in [0.1, 0.15) is 0 Å². The summed E-state index contributed by atoms with van der Waals surface area (Å²) in [7, 11) is 0. The van der Waals surface area contributed by atoms with Gasteiger partial charge >= 0.3 is 0 Å². The van der Waals surface area contributed by atoms with Crippen LogP contribution in [0.25, 0.3) is 0 Å². The van der Waals surface area contributed by atoms with Gasteiger partial charge in [0, 0.05) is 31.7 Å². The monoisotopic (exact) mass is 261 g/mol. The van der Waals surface area contributed by atoms with Crippen LogP contribution in [0.1, 0.15) is 25.8 Å². The Morgan fingerprint density at radius 3 is 2.68 bits per heavy atom. The van der Waals surface area contributed by atoms with Crippen LogP contribution < -0.4 is 11.1 Å². The lowest BCUT2D eigenvalue weighted by Gasteiger charge is -2.35. The third kappa shape index (κ3) is 4.04. The molecule has 1 fully saturated rings. The van der Waals surface area contributed by atoms with Crippen LogP contribution in [0.3, 0.4) is 0 Å². The summed E-state index contributed by atoms with van der Waals surface area (Å²) < 4.78 is 0. The van der Waals surface area contributed by atoms with Gasteiger partial charge in [-0.2, -0.15) is 0 Å². The van der Waals surface area contributed by atoms with Crippen LogP contribution >= 0.6 is 0 Å². The van der Waals surface area contributed by atoms with E-state index >= 15 is 0 Å². The molecule has 2 atom stereocenters. The van der Waals surface area contributed by atoms with E-state index in [2.05, 4.69) is 29.3 Å². The lowest BCUT2D eigenvalue weighted by atomic mass is 9.94. The molecule has 0 aliphatic carbocycles. The third-order valence-electron chi connectivity index (χ3n) is 3.74. The second-order valence-electron chi connectivity index (χ2n) is 5.54. The molecule has 1 amide bonds. The Labute approximate surface area is 115 Å². The van der Waals surface area contributed by atoms with Crippen LogP contribution in [0.2, 0.25) is 0 Å². The van der Waals surface area contributed by atoms with Gasteiger partial charge in [-0.15, -0.1) is 0 Å². The fraction of sp³-hybridized carbons (Fsp3) is 0.533. The Morgan fingerprint density at radius 2 is 2.11 bits per heavy atom. The SMILES string of the molecule is CC(=O)Nc1ccc(CN2CCC(N)C(C)C2)cc1. The Morgan fingerprint density at radius 1 is 1.42 bits per heavy atom. The number of piperidine rings is 1. The van der Waals surface area contributed by atoms with E-state index in [0.717, 1.165) is 31.7 Å². The van der Waals surface area contributed by atoms with Gasteiger partial charge in [-0.05, 0) is 36.6 Å². The van der Waals surface area contributed by atoms with E-state index in [-0.39, 0.29) is 5.91 Å². The summed E-state index contributed by atoms with van der Waals surface area (Å²) in [5.74, 6) is 0.527. The largest absolute Gasteiger partial charge is 0.327 e. The maximum absolute atomic E-state index is 11.0. The van der Waals surface area contributed by atoms with Gasteiger partial charge in [0.05, 0.1) is 0 Å². The predicted octanol–water partition coefficient (Wildman–Crippen LogP) is 1.81. The number of carbonyl (C=O) groups is 1. The molecule has 1 heterocycles. The highest BCUT2D eigenvalue weighted by Gasteiger charge is 2.22. The number of benzene rings is 1. The topological polar surface area (TPSA) is 58.4 Å². The molecule has 2 unspecified atom stereocenters. The number of amides is 1. The lowest BCUT2D eigenvalue weighted by Crippen LogP contribution is -2.45. The quantitative estimate of drug-likeness (QED) is 0.872. The second kappa shape index (κ2) is 6.17. The van der Waals surface area contributed by atoms with Gasteiger partial charge in [0.25, 0.3) is 0 Å². The molecule has 104 valence electrons. The van der Waals surface area contributed by atoms with Crippen molar-refractivity contribution in [3.8, 4) is 0 Å². The van der Waals surface area contributed by atoms with Crippen molar-refractivity contribution in [1.29, 1.82) is 0 Å². The zero-order valence-electron chi connectivity index (χ0n) is 11.7. The summed E-state index contributed by atoms with van der Waals surface area (Å²) in [5, 5.41) is 2.78. The fourth-order valence-electron chi connectivity index (χ4n) is 2.55. The number of hydrogen-bond donors (Lipinski definition) is 2. The normalized spacial score (nSPS) is 24.2. The molecule has 4 heteroatoms. The van der Waals surface area contributed by atoms with Crippen molar-refractivity contribution < 1.29 is 4.79 Å². The van der Waals surface area contributed by atoms with E-state index in [4.69, 9.17) is 5.73 Å². The van der Waals surface area contributed by atoms with Gasteiger partial charge < -0.3 is 11.1 Å². The molecule has 0 aromatic heterocycles. The molecule has 3 N–H and O–H groups in total. The number of hydrogen-bond acceptors (Lipinski definition) is 3. The molecule has 0 radical (unpaired) electrons. The van der Waals surface area contributed by atoms with E-state index in [1.165, 1.54) is 12.5 Å². The average Bonchev–Trinajstić information content (AvgIpc) is 2.36. The minimum absolute atomic E-state index is 0.0356. The summed E-state index contributed by atoms with van der Waals surface area (Å²) in [6, 6.07) is 8.40. The van der Waals surface area contributed by atoms with Crippen molar-refractivity contribution >= 4 is 11.6 Å². The number of anilines is 1. The van der Waals surface area contributed by atoms with Gasteiger partial charge in [-0.3, -0.25) is 9.69 Å². The number of carbonyl (C=O) groups excluding carboxylic acids is 1. The van der Waals surface area contributed by atoms with Crippen LogP contribution in [0.15, 0.2) is 24.3 Å². The third-order valence-corrected chi connectivity index (χ3v) is 3.74. The molecule has 0 saturated carbocycles. The summed E-state index contributed by atoms with van der Waals surface area (Å²) in [5.41, 5.74) is 8.16. The summed E-state index contributed by atoms with van der Waals surface area (Å²) in [4.78, 5) is 13.4. The number of rotatable bonds is 3. The maximum Gasteiger partial charge on any atom is 0.221 e. The molecule has 0 bridgehead atoms. The smallest absolute Gasteiger partial charge is 0.221 e. The van der Waals surface area contributed by atoms with E-state index in [1.807, 2.05) is 12.1 Å². The van der Waals surface area contributed by atoms with E-state index in [0.29, 0.717) is 12.0 Å². The molecule has 1 aliphatic rings. The Hall–Kier alpha value is -1.39. The van der Waals surface area contributed by atoms with Gasteiger partial charge in [-0.25, -0.2) is 0 Å². The van der Waals surface area contributed by atoms with E-state index < -0.39 is 0 Å². The maximum atomic E-state index is 11.0. The highest BCUT2D eigenvalue weighted by molar-refractivity contribution is 5.88. The van der Waals surface area contributed by atoms with Crippen molar-refractivity contribution in [2.75, 3.05) is 18.4 Å². The Kier molecular flexibility index (Phi) is 4.56. The highest BCUT2D eigenvalue weighted by atomic mass is 16.1. The van der Waals surface area contributed by atoms with Gasteiger partial charge in [0.2, 0.25) is 5.91 Å². The van der Waals surface area contributed by atoms with Gasteiger partial charge in [0.15, 0.2) is 0 Å². The molecular weight excluding hydrogens is 238 g/mol. The van der Waals surface area contributed by atoms with Crippen molar-refractivity contribution in [2.24, 2.45) is 11.7 Å². The number of nitrogens with two attached hydrogens (primary N) is 1. The van der Waals surface area contributed by atoms with Crippen LogP contribution in [0.5, 0.6) is 0 Å². The van der Waals surface area contributed by atoms with Crippen LogP contribution in [0.4, 0.5) is 5.69 Å². The first-order valence-electron chi connectivity index (χ1n) is 6.89. The zero-order chi connectivity index (χ0) is 13.8. The first kappa shape index (κ1) is 14.0. The minimum Gasteiger partial charge on any atom is -0.327 e. The second-order valence-corrected chi connectivity index (χ2v) is 5.54. The molecule has 1 aliphatic heterocycles.